The molecule has 0 aliphatic carbocycles. The Morgan fingerprint density at radius 1 is 0.879 bits per heavy atom. The predicted octanol–water partition coefficient (Wildman–Crippen LogP) is 5.82. The van der Waals surface area contributed by atoms with Gasteiger partial charge in [0, 0.05) is 72.7 Å². The highest BCUT2D eigenvalue weighted by Crippen LogP contribution is 2.26. The van der Waals surface area contributed by atoms with Gasteiger partial charge >= 0.3 is 0 Å². The Morgan fingerprint density at radius 3 is 2.39 bits per heavy atom. The van der Waals surface area contributed by atoms with Crippen molar-refractivity contribution in [2.75, 3.05) is 37.6 Å². The third-order valence-electron chi connectivity index (χ3n) is 6.32. The van der Waals surface area contributed by atoms with Gasteiger partial charge in [-0.05, 0) is 48.5 Å². The Labute approximate surface area is 197 Å². The van der Waals surface area contributed by atoms with Crippen molar-refractivity contribution in [1.29, 1.82) is 0 Å². The average Bonchev–Trinajstić information content (AvgIpc) is 3.23. The fourth-order valence-electron chi connectivity index (χ4n) is 4.51. The molecule has 33 heavy (non-hydrogen) atoms. The number of hydrogen-bond donors (Lipinski definition) is 0. The number of para-hydroxylation sites is 1. The summed E-state index contributed by atoms with van der Waals surface area (Å²) in [6.07, 6.45) is 2.35. The van der Waals surface area contributed by atoms with E-state index in [9.17, 15) is 9.18 Å². The number of aromatic nitrogens is 1. The van der Waals surface area contributed by atoms with Crippen molar-refractivity contribution in [2.45, 2.75) is 6.42 Å². The number of halogens is 2. The lowest BCUT2D eigenvalue weighted by Crippen LogP contribution is -2.46. The van der Waals surface area contributed by atoms with Crippen LogP contribution in [0.25, 0.3) is 16.6 Å². The fourth-order valence-corrected chi connectivity index (χ4v) is 4.70. The van der Waals surface area contributed by atoms with Crippen molar-refractivity contribution < 1.29 is 9.18 Å². The molecule has 0 atom stereocenters. The Morgan fingerprint density at radius 2 is 1.64 bits per heavy atom. The van der Waals surface area contributed by atoms with Crippen molar-refractivity contribution in [1.82, 2.24) is 9.47 Å². The van der Waals surface area contributed by atoms with Crippen LogP contribution >= 0.6 is 11.6 Å². The molecule has 4 aromatic rings. The minimum atomic E-state index is -0.276. The van der Waals surface area contributed by atoms with Crippen molar-refractivity contribution >= 4 is 34.0 Å². The highest BCUT2D eigenvalue weighted by molar-refractivity contribution is 6.30. The number of hydrogen-bond acceptors (Lipinski definition) is 3. The number of carbonyl (C=O) groups is 1. The van der Waals surface area contributed by atoms with Crippen molar-refractivity contribution in [3.05, 3.63) is 95.4 Å². The van der Waals surface area contributed by atoms with Crippen molar-refractivity contribution in [3.63, 3.8) is 0 Å². The minimum Gasteiger partial charge on any atom is -0.369 e. The van der Waals surface area contributed by atoms with Gasteiger partial charge in [0.25, 0.3) is 0 Å². The SMILES string of the molecule is O=C(CCN1CCN(c2cccc(Cl)c2)CC1)c1cn(-c2ccc(F)cc2)c2ccccc12. The van der Waals surface area contributed by atoms with Crippen LogP contribution in [0.2, 0.25) is 5.02 Å². The molecule has 2 heterocycles. The van der Waals surface area contributed by atoms with E-state index < -0.39 is 0 Å². The smallest absolute Gasteiger partial charge is 0.166 e. The fraction of sp³-hybridized carbons (Fsp3) is 0.222. The monoisotopic (exact) mass is 461 g/mol. The normalized spacial score (nSPS) is 14.7. The summed E-state index contributed by atoms with van der Waals surface area (Å²) in [6, 6.07) is 22.2. The Balaban J connectivity index is 1.26. The van der Waals surface area contributed by atoms with Gasteiger partial charge in [-0.25, -0.2) is 4.39 Å². The van der Waals surface area contributed by atoms with Crippen LogP contribution in [0.1, 0.15) is 16.8 Å². The van der Waals surface area contributed by atoms with Crippen LogP contribution in [0.5, 0.6) is 0 Å². The van der Waals surface area contributed by atoms with Crippen LogP contribution in [0.4, 0.5) is 10.1 Å². The first-order valence-electron chi connectivity index (χ1n) is 11.2. The molecule has 168 valence electrons. The molecule has 0 spiro atoms. The summed E-state index contributed by atoms with van der Waals surface area (Å²) in [5.74, 6) is -0.147. The summed E-state index contributed by atoms with van der Waals surface area (Å²) in [5.41, 5.74) is 3.64. The van der Waals surface area contributed by atoms with E-state index in [2.05, 4.69) is 15.9 Å². The van der Waals surface area contributed by atoms with Gasteiger partial charge in [-0.15, -0.1) is 0 Å². The molecule has 3 aromatic carbocycles. The average molecular weight is 462 g/mol. The third-order valence-corrected chi connectivity index (χ3v) is 6.55. The van der Waals surface area contributed by atoms with E-state index in [0.717, 1.165) is 60.0 Å². The first-order valence-corrected chi connectivity index (χ1v) is 11.6. The zero-order valence-corrected chi connectivity index (χ0v) is 19.0. The van der Waals surface area contributed by atoms with E-state index in [4.69, 9.17) is 11.6 Å². The highest BCUT2D eigenvalue weighted by Gasteiger charge is 2.20. The summed E-state index contributed by atoms with van der Waals surface area (Å²) in [5, 5.41) is 1.68. The Kier molecular flexibility index (Phi) is 6.16. The molecule has 0 bridgehead atoms. The molecule has 1 aliphatic rings. The summed E-state index contributed by atoms with van der Waals surface area (Å²) < 4.78 is 15.4. The number of nitrogens with zero attached hydrogens (tertiary/aromatic N) is 3. The highest BCUT2D eigenvalue weighted by atomic mass is 35.5. The molecule has 5 rings (SSSR count). The van der Waals surface area contributed by atoms with Crippen molar-refractivity contribution in [3.8, 4) is 5.69 Å². The lowest BCUT2D eigenvalue weighted by Gasteiger charge is -2.36. The molecule has 1 fully saturated rings. The molecule has 4 nitrogen and oxygen atoms in total. The number of anilines is 1. The number of benzene rings is 3. The van der Waals surface area contributed by atoms with E-state index in [-0.39, 0.29) is 11.6 Å². The van der Waals surface area contributed by atoms with Crippen LogP contribution in [-0.2, 0) is 0 Å². The van der Waals surface area contributed by atoms with Gasteiger partial charge in [-0.1, -0.05) is 35.9 Å². The van der Waals surface area contributed by atoms with Crippen LogP contribution in [0.15, 0.2) is 79.0 Å². The number of rotatable bonds is 6. The van der Waals surface area contributed by atoms with Crippen molar-refractivity contribution in [2.24, 2.45) is 0 Å². The summed E-state index contributed by atoms with van der Waals surface area (Å²) in [4.78, 5) is 17.9. The molecule has 1 aromatic heterocycles. The first-order chi connectivity index (χ1) is 16.1. The van der Waals surface area contributed by atoms with Gasteiger partial charge in [0.15, 0.2) is 5.78 Å². The van der Waals surface area contributed by atoms with Crippen LogP contribution in [0.3, 0.4) is 0 Å². The van der Waals surface area contributed by atoms with E-state index in [0.29, 0.717) is 12.0 Å². The largest absolute Gasteiger partial charge is 0.369 e. The summed E-state index contributed by atoms with van der Waals surface area (Å²) >= 11 is 6.13. The lowest BCUT2D eigenvalue weighted by molar-refractivity contribution is 0.0964. The van der Waals surface area contributed by atoms with Gasteiger partial charge < -0.3 is 9.47 Å². The second kappa shape index (κ2) is 9.38. The topological polar surface area (TPSA) is 28.5 Å². The Bertz CT molecular complexity index is 1280. The van der Waals surface area contributed by atoms with Crippen LogP contribution in [-0.4, -0.2) is 48.0 Å². The van der Waals surface area contributed by atoms with Crippen LogP contribution in [0, 0.1) is 5.82 Å². The van der Waals surface area contributed by atoms with Gasteiger partial charge in [0.2, 0.25) is 0 Å². The first kappa shape index (κ1) is 21.7. The molecular formula is C27H25ClFN3O. The van der Waals surface area contributed by atoms with Gasteiger partial charge in [0.05, 0.1) is 5.52 Å². The third kappa shape index (κ3) is 4.65. The second-order valence-corrected chi connectivity index (χ2v) is 8.82. The van der Waals surface area contributed by atoms with E-state index >= 15 is 0 Å². The van der Waals surface area contributed by atoms with E-state index in [1.54, 1.807) is 12.1 Å². The number of Topliss-reactive ketones (excluding diaryl/α,β-unsaturated/α-hetero) is 1. The molecule has 1 saturated heterocycles. The molecule has 6 heteroatoms. The molecular weight excluding hydrogens is 437 g/mol. The number of piperazine rings is 1. The number of fused-ring (bicyclic) bond motifs is 1. The molecule has 0 amide bonds. The molecule has 0 radical (unpaired) electrons. The summed E-state index contributed by atoms with van der Waals surface area (Å²) in [6.45, 7) is 4.39. The minimum absolute atomic E-state index is 0.129. The van der Waals surface area contributed by atoms with E-state index in [1.807, 2.05) is 53.2 Å². The number of ketones is 1. The molecule has 1 aliphatic heterocycles. The zero-order chi connectivity index (χ0) is 22.8. The van der Waals surface area contributed by atoms with Gasteiger partial charge in [-0.3, -0.25) is 9.69 Å². The second-order valence-electron chi connectivity index (χ2n) is 8.39. The van der Waals surface area contributed by atoms with Gasteiger partial charge in [-0.2, -0.15) is 0 Å². The molecule has 0 saturated carbocycles. The standard InChI is InChI=1S/C27H25ClFN3O/c28-20-4-3-5-23(18-20)31-16-14-30(15-17-31)13-12-27(33)25-19-32(22-10-8-21(29)9-11-22)26-7-2-1-6-24(25)26/h1-11,18-19H,12-17H2. The zero-order valence-electron chi connectivity index (χ0n) is 18.3. The van der Waals surface area contributed by atoms with E-state index in [1.165, 1.54) is 12.1 Å². The maximum Gasteiger partial charge on any atom is 0.166 e. The lowest BCUT2D eigenvalue weighted by atomic mass is 10.1. The Hall–Kier alpha value is -3.15. The molecule has 0 N–H and O–H groups in total. The quantitative estimate of drug-likeness (QED) is 0.339. The van der Waals surface area contributed by atoms with Crippen LogP contribution < -0.4 is 4.90 Å². The maximum atomic E-state index is 13.4. The van der Waals surface area contributed by atoms with Gasteiger partial charge in [0.1, 0.15) is 5.82 Å². The maximum absolute atomic E-state index is 13.4. The summed E-state index contributed by atoms with van der Waals surface area (Å²) in [7, 11) is 0. The predicted molar refractivity (Wildman–Crippen MR) is 132 cm³/mol. The molecule has 0 unspecified atom stereocenters. The number of carbonyl (C=O) groups excluding carboxylic acids is 1.